The van der Waals surface area contributed by atoms with Crippen LogP contribution in [0.15, 0.2) is 0 Å². The van der Waals surface area contributed by atoms with Gasteiger partial charge in [-0.25, -0.2) is 0 Å². The van der Waals surface area contributed by atoms with Crippen LogP contribution < -0.4 is 5.32 Å². The van der Waals surface area contributed by atoms with E-state index in [1.165, 1.54) is 0 Å². The lowest BCUT2D eigenvalue weighted by atomic mass is 9.78. The quantitative estimate of drug-likeness (QED) is 0.520. The molecule has 3 atom stereocenters. The molecule has 1 fully saturated rings. The summed E-state index contributed by atoms with van der Waals surface area (Å²) in [5, 5.41) is 30.3. The molecule has 4 N–H and O–H groups in total. The van der Waals surface area contributed by atoms with Gasteiger partial charge in [0.25, 0.3) is 0 Å². The Morgan fingerprint density at radius 2 is 1.94 bits per heavy atom. The van der Waals surface area contributed by atoms with Crippen molar-refractivity contribution in [3.8, 4) is 0 Å². The van der Waals surface area contributed by atoms with E-state index in [0.29, 0.717) is 6.54 Å². The Morgan fingerprint density at radius 3 is 2.31 bits per heavy atom. The molecule has 6 nitrogen and oxygen atoms in total. The third kappa shape index (κ3) is 2.70. The molecule has 0 radical (unpaired) electrons. The van der Waals surface area contributed by atoms with Crippen LogP contribution in [0.3, 0.4) is 0 Å². The molecule has 0 bridgehead atoms. The van der Waals surface area contributed by atoms with Crippen LogP contribution in [-0.4, -0.2) is 45.4 Å². The Bertz CT molecular complexity index is 296. The number of carboxylic acids is 2. The summed E-state index contributed by atoms with van der Waals surface area (Å²) in [6.45, 7) is 3.45. The van der Waals surface area contributed by atoms with Crippen molar-refractivity contribution in [2.75, 3.05) is 6.54 Å². The van der Waals surface area contributed by atoms with Gasteiger partial charge in [-0.15, -0.1) is 0 Å². The highest BCUT2D eigenvalue weighted by atomic mass is 16.4. The fraction of sp³-hybridized carbons (Fsp3) is 0.800. The van der Waals surface area contributed by atoms with E-state index in [9.17, 15) is 14.7 Å². The van der Waals surface area contributed by atoms with Gasteiger partial charge in [0.05, 0.1) is 12.0 Å². The number of carbonyl (C=O) groups is 2. The summed E-state index contributed by atoms with van der Waals surface area (Å²) in [6.07, 6.45) is -0.251. The molecule has 16 heavy (non-hydrogen) atoms. The fourth-order valence-electron chi connectivity index (χ4n) is 2.29. The fourth-order valence-corrected chi connectivity index (χ4v) is 2.29. The Labute approximate surface area is 93.3 Å². The van der Waals surface area contributed by atoms with Crippen molar-refractivity contribution in [2.45, 2.75) is 31.9 Å². The van der Waals surface area contributed by atoms with Crippen LogP contribution in [0.4, 0.5) is 0 Å². The van der Waals surface area contributed by atoms with Gasteiger partial charge in [0.2, 0.25) is 0 Å². The second kappa shape index (κ2) is 4.39. The first-order valence-electron chi connectivity index (χ1n) is 5.14. The van der Waals surface area contributed by atoms with E-state index in [-0.39, 0.29) is 12.3 Å². The predicted octanol–water partition coefficient (Wildman–Crippen LogP) is -0.479. The Kier molecular flexibility index (Phi) is 3.54. The average molecular weight is 231 g/mol. The zero-order valence-corrected chi connectivity index (χ0v) is 9.30. The number of carboxylic acid groups (broad SMARTS) is 2. The predicted molar refractivity (Wildman–Crippen MR) is 55.0 cm³/mol. The standard InChI is InChI=1S/C10H17NO5/c1-10(2,16)6-4-11-8(9(14)15)5(6)3-7(12)13/h5-6,8,11,16H,3-4H2,1-2H3,(H,12,13)(H,14,15)/t5-,6+,8-/m0/s1. The topological polar surface area (TPSA) is 107 Å². The molecule has 92 valence electrons. The first-order chi connectivity index (χ1) is 7.23. The summed E-state index contributed by atoms with van der Waals surface area (Å²) in [7, 11) is 0. The van der Waals surface area contributed by atoms with E-state index in [0.717, 1.165) is 0 Å². The van der Waals surface area contributed by atoms with Crippen LogP contribution in [0, 0.1) is 11.8 Å². The molecule has 1 aliphatic rings. The zero-order chi connectivity index (χ0) is 12.5. The van der Waals surface area contributed by atoms with Gasteiger partial charge in [-0.1, -0.05) is 0 Å². The molecule has 0 spiro atoms. The monoisotopic (exact) mass is 231 g/mol. The minimum absolute atomic E-state index is 0.251. The van der Waals surface area contributed by atoms with E-state index in [1.54, 1.807) is 13.8 Å². The second-order valence-corrected chi connectivity index (χ2v) is 4.75. The van der Waals surface area contributed by atoms with Gasteiger partial charge in [0.1, 0.15) is 6.04 Å². The number of rotatable bonds is 4. The highest BCUT2D eigenvalue weighted by Crippen LogP contribution is 2.34. The lowest BCUT2D eigenvalue weighted by Crippen LogP contribution is -2.40. The Hall–Kier alpha value is -1.14. The molecule has 0 amide bonds. The summed E-state index contributed by atoms with van der Waals surface area (Å²) in [5.41, 5.74) is -1.09. The highest BCUT2D eigenvalue weighted by Gasteiger charge is 2.46. The number of hydrogen-bond acceptors (Lipinski definition) is 4. The molecule has 0 aliphatic carbocycles. The SMILES string of the molecule is CC(C)(O)[C@@H]1CN[C@H](C(=O)O)[C@H]1CC(=O)O. The molecule has 0 aromatic carbocycles. The summed E-state index contributed by atoms with van der Waals surface area (Å²) >= 11 is 0. The van der Waals surface area contributed by atoms with Crippen molar-refractivity contribution < 1.29 is 24.9 Å². The molecular formula is C10H17NO5. The Balaban J connectivity index is 2.88. The van der Waals surface area contributed by atoms with Gasteiger partial charge in [-0.05, 0) is 13.8 Å². The average Bonchev–Trinajstić information content (AvgIpc) is 2.45. The lowest BCUT2D eigenvalue weighted by Gasteiger charge is -2.30. The van der Waals surface area contributed by atoms with Gasteiger partial charge in [0.15, 0.2) is 0 Å². The smallest absolute Gasteiger partial charge is 0.321 e. The highest BCUT2D eigenvalue weighted by molar-refractivity contribution is 5.76. The van der Waals surface area contributed by atoms with Gasteiger partial charge < -0.3 is 20.6 Å². The van der Waals surface area contributed by atoms with Crippen molar-refractivity contribution in [1.82, 2.24) is 5.32 Å². The molecule has 1 saturated heterocycles. The maximum atomic E-state index is 10.9. The van der Waals surface area contributed by atoms with E-state index in [1.807, 2.05) is 0 Å². The molecule has 1 aliphatic heterocycles. The van der Waals surface area contributed by atoms with Gasteiger partial charge in [-0.3, -0.25) is 9.59 Å². The van der Waals surface area contributed by atoms with Crippen LogP contribution in [0.2, 0.25) is 0 Å². The zero-order valence-electron chi connectivity index (χ0n) is 9.30. The van der Waals surface area contributed by atoms with Crippen LogP contribution in [-0.2, 0) is 9.59 Å². The van der Waals surface area contributed by atoms with Crippen molar-refractivity contribution >= 4 is 11.9 Å². The number of aliphatic carboxylic acids is 2. The van der Waals surface area contributed by atoms with Crippen molar-refractivity contribution in [1.29, 1.82) is 0 Å². The summed E-state index contributed by atoms with van der Waals surface area (Å²) < 4.78 is 0. The van der Waals surface area contributed by atoms with E-state index in [2.05, 4.69) is 5.32 Å². The third-order valence-electron chi connectivity index (χ3n) is 3.09. The third-order valence-corrected chi connectivity index (χ3v) is 3.09. The molecule has 0 saturated carbocycles. The van der Waals surface area contributed by atoms with Crippen molar-refractivity contribution in [3.63, 3.8) is 0 Å². The van der Waals surface area contributed by atoms with Crippen LogP contribution in [0.5, 0.6) is 0 Å². The number of hydrogen-bond donors (Lipinski definition) is 4. The molecule has 0 unspecified atom stereocenters. The van der Waals surface area contributed by atoms with Gasteiger partial charge >= 0.3 is 11.9 Å². The number of aliphatic hydroxyl groups is 1. The minimum Gasteiger partial charge on any atom is -0.481 e. The molecule has 1 rings (SSSR count). The first kappa shape index (κ1) is 12.9. The van der Waals surface area contributed by atoms with Crippen LogP contribution in [0.1, 0.15) is 20.3 Å². The van der Waals surface area contributed by atoms with E-state index < -0.39 is 29.5 Å². The van der Waals surface area contributed by atoms with Crippen molar-refractivity contribution in [3.05, 3.63) is 0 Å². The lowest BCUT2D eigenvalue weighted by molar-refractivity contribution is -0.143. The largest absolute Gasteiger partial charge is 0.481 e. The van der Waals surface area contributed by atoms with Crippen molar-refractivity contribution in [2.24, 2.45) is 11.8 Å². The van der Waals surface area contributed by atoms with Gasteiger partial charge in [-0.2, -0.15) is 0 Å². The van der Waals surface area contributed by atoms with Gasteiger partial charge in [0, 0.05) is 18.4 Å². The molecular weight excluding hydrogens is 214 g/mol. The normalized spacial score (nSPS) is 30.3. The summed E-state index contributed by atoms with van der Waals surface area (Å²) in [6, 6.07) is -0.896. The first-order valence-corrected chi connectivity index (χ1v) is 5.14. The number of nitrogens with one attached hydrogen (secondary N) is 1. The summed E-state index contributed by atoms with van der Waals surface area (Å²) in [4.78, 5) is 21.6. The maximum Gasteiger partial charge on any atom is 0.321 e. The molecule has 0 aromatic heterocycles. The molecule has 0 aromatic rings. The van der Waals surface area contributed by atoms with E-state index >= 15 is 0 Å². The Morgan fingerprint density at radius 1 is 1.38 bits per heavy atom. The van der Waals surface area contributed by atoms with E-state index in [4.69, 9.17) is 10.2 Å². The maximum absolute atomic E-state index is 10.9. The molecule has 1 heterocycles. The minimum atomic E-state index is -1.09. The molecule has 6 heteroatoms. The van der Waals surface area contributed by atoms with Crippen LogP contribution >= 0.6 is 0 Å². The summed E-state index contributed by atoms with van der Waals surface area (Å²) in [5.74, 6) is -3.08. The second-order valence-electron chi connectivity index (χ2n) is 4.75. The van der Waals surface area contributed by atoms with Crippen LogP contribution in [0.25, 0.3) is 0 Å².